The van der Waals surface area contributed by atoms with Gasteiger partial charge < -0.3 is 0 Å². The van der Waals surface area contributed by atoms with E-state index in [-0.39, 0.29) is 5.54 Å². The van der Waals surface area contributed by atoms with Crippen LogP contribution in [0, 0.1) is 78.0 Å². The maximum atomic E-state index is 11.8. The van der Waals surface area contributed by atoms with Gasteiger partial charge in [0.25, 0.3) is 0 Å². The third-order valence-corrected chi connectivity index (χ3v) is 7.30. The molecule has 5 heteroatoms. The van der Waals surface area contributed by atoms with Crippen molar-refractivity contribution in [1.29, 1.82) is 0 Å². The van der Waals surface area contributed by atoms with Crippen LogP contribution in [0.15, 0.2) is 24.3 Å². The molecule has 1 aromatic rings. The highest BCUT2D eigenvalue weighted by Crippen LogP contribution is 2.37. The number of halogens is 2. The van der Waals surface area contributed by atoms with Gasteiger partial charge in [0.05, 0.1) is 7.92 Å². The molecule has 0 aromatic heterocycles. The topological polar surface area (TPSA) is 3.24 Å². The average Bonchev–Trinajstić information content (AvgIpc) is 2.72. The Morgan fingerprint density at radius 1 is 0.839 bits per heavy atom. The van der Waals surface area contributed by atoms with E-state index in [4.69, 9.17) is 0 Å². The predicted molar refractivity (Wildman–Crippen MR) is 130 cm³/mol. The summed E-state index contributed by atoms with van der Waals surface area (Å²) in [5.41, 5.74) is 8.60. The van der Waals surface area contributed by atoms with E-state index in [2.05, 4.69) is 103 Å². The minimum absolute atomic E-state index is 0.0243. The molecule has 0 fully saturated rings. The molecule has 0 radical (unpaired) electrons. The monoisotopic (exact) mass is 449 g/mol. The summed E-state index contributed by atoms with van der Waals surface area (Å²) in [5, 5.41) is 0. The first kappa shape index (κ1) is 26.3. The SMILES string of the molecule is Cc1ccc(CN(PCCP(C#CC#CC#CF)C#CC#CC#CF)C(C)(C)C)cc1. The van der Waals surface area contributed by atoms with Crippen molar-refractivity contribution in [1.82, 2.24) is 4.67 Å². The largest absolute Gasteiger partial charge is 0.275 e. The van der Waals surface area contributed by atoms with Gasteiger partial charge in [-0.15, -0.1) is 8.78 Å². The van der Waals surface area contributed by atoms with E-state index < -0.39 is 7.92 Å². The number of aryl methyl sites for hydroxylation is 1. The quantitative estimate of drug-likeness (QED) is 0.412. The zero-order valence-corrected chi connectivity index (χ0v) is 20.0. The lowest BCUT2D eigenvalue weighted by atomic mass is 10.1. The Kier molecular flexibility index (Phi) is 12.8. The minimum Gasteiger partial charge on any atom is -0.275 e. The fraction of sp³-hybridized carbons (Fsp3) is 0.308. The van der Waals surface area contributed by atoms with E-state index in [1.165, 1.54) is 23.5 Å². The molecule has 156 valence electrons. The first-order chi connectivity index (χ1) is 14.9. The van der Waals surface area contributed by atoms with Gasteiger partial charge in [-0.3, -0.25) is 4.67 Å². The van der Waals surface area contributed by atoms with Gasteiger partial charge in [-0.25, -0.2) is 0 Å². The molecule has 0 spiro atoms. The maximum Gasteiger partial charge on any atom is 0.119 e. The van der Waals surface area contributed by atoms with Gasteiger partial charge in [0.1, 0.15) is 12.3 Å². The molecular formula is C26H23F2NP2. The summed E-state index contributed by atoms with van der Waals surface area (Å²) < 4.78 is 26.0. The molecule has 1 unspecified atom stereocenters. The molecule has 1 nitrogen and oxygen atoms in total. The highest BCUT2D eigenvalue weighted by Gasteiger charge is 2.21. The minimum atomic E-state index is -0.963. The lowest BCUT2D eigenvalue weighted by Gasteiger charge is -2.35. The van der Waals surface area contributed by atoms with Gasteiger partial charge >= 0.3 is 0 Å². The summed E-state index contributed by atoms with van der Waals surface area (Å²) in [4.78, 5) is 0. The third kappa shape index (κ3) is 12.5. The molecule has 0 saturated heterocycles. The smallest absolute Gasteiger partial charge is 0.119 e. The standard InChI is InChI=1S/C26H23F2NP2/c1-24-13-15-25(16-14-24)23-29(26(2,3)4)30-19-22-31(20-11-7-5-9-17-27)21-12-8-6-10-18-28/h13-16,30H,19,22-23H2,1-4H3. The van der Waals surface area contributed by atoms with Crippen LogP contribution in [-0.2, 0) is 6.54 Å². The fourth-order valence-electron chi connectivity index (χ4n) is 2.21. The summed E-state index contributed by atoms with van der Waals surface area (Å²) in [7, 11) is -0.364. The van der Waals surface area contributed by atoms with Crippen molar-refractivity contribution in [2.24, 2.45) is 0 Å². The Hall–Kier alpha value is -2.74. The Morgan fingerprint density at radius 3 is 1.84 bits per heavy atom. The molecule has 1 aromatic carbocycles. The first-order valence-corrected chi connectivity index (χ1v) is 12.1. The van der Waals surface area contributed by atoms with Crippen molar-refractivity contribution in [2.45, 2.75) is 39.8 Å². The molecule has 0 aliphatic rings. The summed E-state index contributed by atoms with van der Waals surface area (Å²) in [6.45, 7) is 9.58. The highest BCUT2D eigenvalue weighted by atomic mass is 31.1. The van der Waals surface area contributed by atoms with Crippen molar-refractivity contribution < 1.29 is 8.78 Å². The van der Waals surface area contributed by atoms with Crippen molar-refractivity contribution in [3.8, 4) is 71.0 Å². The molecule has 0 aliphatic carbocycles. The first-order valence-electron chi connectivity index (χ1n) is 9.43. The molecular weight excluding hydrogens is 426 g/mol. The second-order valence-corrected chi connectivity index (χ2v) is 10.3. The van der Waals surface area contributed by atoms with E-state index in [0.717, 1.165) is 18.9 Å². The van der Waals surface area contributed by atoms with Crippen molar-refractivity contribution >= 4 is 16.7 Å². The van der Waals surface area contributed by atoms with Crippen LogP contribution in [0.5, 0.6) is 0 Å². The zero-order chi connectivity index (χ0) is 23.0. The lowest BCUT2D eigenvalue weighted by Crippen LogP contribution is -2.34. The molecule has 0 heterocycles. The maximum absolute atomic E-state index is 11.8. The van der Waals surface area contributed by atoms with E-state index >= 15 is 0 Å². The molecule has 0 saturated carbocycles. The number of benzene rings is 1. The van der Waals surface area contributed by atoms with Crippen LogP contribution < -0.4 is 0 Å². The summed E-state index contributed by atoms with van der Waals surface area (Å²) >= 11 is 0. The van der Waals surface area contributed by atoms with Gasteiger partial charge in [0.15, 0.2) is 0 Å². The Bertz CT molecular complexity index is 1040. The molecule has 1 atom stereocenters. The Labute approximate surface area is 188 Å². The third-order valence-electron chi connectivity index (χ3n) is 3.76. The summed E-state index contributed by atoms with van der Waals surface area (Å²) in [6, 6.07) is 8.60. The van der Waals surface area contributed by atoms with Crippen LogP contribution in [-0.4, -0.2) is 22.5 Å². The number of nitrogens with zero attached hydrogens (tertiary/aromatic N) is 1. The van der Waals surface area contributed by atoms with Gasteiger partial charge in [-0.1, -0.05) is 29.8 Å². The summed E-state index contributed by atoms with van der Waals surface area (Å²) in [6.07, 6.45) is 4.14. The van der Waals surface area contributed by atoms with Crippen LogP contribution in [0.25, 0.3) is 0 Å². The number of hydrogen-bond donors (Lipinski definition) is 0. The Balaban J connectivity index is 2.85. The van der Waals surface area contributed by atoms with Crippen LogP contribution >= 0.6 is 16.7 Å². The van der Waals surface area contributed by atoms with E-state index in [1.807, 2.05) is 11.8 Å². The average molecular weight is 449 g/mol. The second-order valence-electron chi connectivity index (χ2n) is 7.21. The van der Waals surface area contributed by atoms with E-state index in [0.29, 0.717) is 8.73 Å². The predicted octanol–water partition coefficient (Wildman–Crippen LogP) is 5.46. The molecule has 0 amide bonds. The van der Waals surface area contributed by atoms with E-state index in [1.54, 1.807) is 0 Å². The van der Waals surface area contributed by atoms with Gasteiger partial charge in [0, 0.05) is 35.8 Å². The molecule has 0 N–H and O–H groups in total. The van der Waals surface area contributed by atoms with Crippen LogP contribution in [0.1, 0.15) is 31.9 Å². The molecule has 1 rings (SSSR count). The second kappa shape index (κ2) is 15.1. The van der Waals surface area contributed by atoms with E-state index in [9.17, 15) is 8.78 Å². The number of hydrogen-bond acceptors (Lipinski definition) is 1. The van der Waals surface area contributed by atoms with Crippen LogP contribution in [0.3, 0.4) is 0 Å². The Morgan fingerprint density at radius 2 is 1.35 bits per heavy atom. The highest BCUT2D eigenvalue weighted by molar-refractivity contribution is 7.68. The lowest BCUT2D eigenvalue weighted by molar-refractivity contribution is 0.261. The van der Waals surface area contributed by atoms with Crippen molar-refractivity contribution in [3.63, 3.8) is 0 Å². The fourth-order valence-corrected chi connectivity index (χ4v) is 5.20. The van der Waals surface area contributed by atoms with Gasteiger partial charge in [-0.05, 0) is 89.3 Å². The van der Waals surface area contributed by atoms with Crippen LogP contribution in [0.2, 0.25) is 0 Å². The zero-order valence-electron chi connectivity index (χ0n) is 18.1. The summed E-state index contributed by atoms with van der Waals surface area (Å²) in [5.74, 6) is 19.0. The van der Waals surface area contributed by atoms with Crippen molar-refractivity contribution in [3.05, 3.63) is 35.4 Å². The van der Waals surface area contributed by atoms with Crippen molar-refractivity contribution in [2.75, 3.05) is 12.3 Å². The molecule has 31 heavy (non-hydrogen) atoms. The van der Waals surface area contributed by atoms with Gasteiger partial charge in [0.2, 0.25) is 0 Å². The molecule has 0 aliphatic heterocycles. The molecule has 0 bridgehead atoms. The normalized spacial score (nSPS) is 9.55. The van der Waals surface area contributed by atoms with Gasteiger partial charge in [-0.2, -0.15) is 0 Å². The van der Waals surface area contributed by atoms with Crippen LogP contribution in [0.4, 0.5) is 8.78 Å². The number of rotatable bonds is 6.